The molecule has 0 aliphatic carbocycles. The van der Waals surface area contributed by atoms with Gasteiger partial charge < -0.3 is 10.0 Å². The van der Waals surface area contributed by atoms with Crippen molar-refractivity contribution >= 4 is 40.2 Å². The van der Waals surface area contributed by atoms with Crippen molar-refractivity contribution in [3.8, 4) is 10.6 Å². The molecule has 5 rings (SSSR count). The number of anilines is 1. The first-order valence-electron chi connectivity index (χ1n) is 13.6. The third-order valence-corrected chi connectivity index (χ3v) is 9.72. The van der Waals surface area contributed by atoms with Gasteiger partial charge in [-0.15, -0.1) is 22.7 Å². The Hall–Kier alpha value is -2.73. The first kappa shape index (κ1) is 27.8. The molecular formula is C28H36N6O3S2. The average molecular weight is 569 g/mol. The number of hydrogen-bond acceptors (Lipinski definition) is 10. The van der Waals surface area contributed by atoms with E-state index in [2.05, 4.69) is 56.9 Å². The molecule has 11 heteroatoms. The van der Waals surface area contributed by atoms with Gasteiger partial charge in [-0.1, -0.05) is 0 Å². The van der Waals surface area contributed by atoms with Gasteiger partial charge in [0, 0.05) is 49.7 Å². The number of carbonyl (C=O) groups excluding carboxylic acids is 1. The summed E-state index contributed by atoms with van der Waals surface area (Å²) < 4.78 is 0. The highest BCUT2D eigenvalue weighted by Gasteiger charge is 2.27. The second-order valence-corrected chi connectivity index (χ2v) is 12.8. The van der Waals surface area contributed by atoms with E-state index in [0.29, 0.717) is 18.3 Å². The summed E-state index contributed by atoms with van der Waals surface area (Å²) in [6.45, 7) is 11.3. The van der Waals surface area contributed by atoms with Crippen molar-refractivity contribution in [2.45, 2.75) is 65.1 Å². The largest absolute Gasteiger partial charge is 0.481 e. The molecule has 0 unspecified atom stereocenters. The molecule has 3 aromatic rings. The number of thiophene rings is 1. The average Bonchev–Trinajstić information content (AvgIpc) is 3.63. The number of carboxylic acids is 1. The number of ketones is 1. The van der Waals surface area contributed by atoms with Crippen LogP contribution in [0.4, 0.5) is 5.82 Å². The first-order valence-corrected chi connectivity index (χ1v) is 15.3. The zero-order valence-electron chi connectivity index (χ0n) is 22.8. The van der Waals surface area contributed by atoms with E-state index in [4.69, 9.17) is 10.1 Å². The summed E-state index contributed by atoms with van der Waals surface area (Å²) in [6, 6.07) is 2.92. The lowest BCUT2D eigenvalue weighted by Crippen LogP contribution is -2.52. The van der Waals surface area contributed by atoms with Crippen LogP contribution in [-0.2, 0) is 17.8 Å². The van der Waals surface area contributed by atoms with Crippen LogP contribution in [0, 0.1) is 6.92 Å². The normalized spacial score (nSPS) is 20.5. The molecule has 2 saturated heterocycles. The summed E-state index contributed by atoms with van der Waals surface area (Å²) in [5, 5.41) is 11.9. The van der Waals surface area contributed by atoms with Gasteiger partial charge in [0.1, 0.15) is 16.5 Å². The minimum absolute atomic E-state index is 0.0793. The fourth-order valence-corrected chi connectivity index (χ4v) is 7.50. The summed E-state index contributed by atoms with van der Waals surface area (Å²) in [7, 11) is 0. The van der Waals surface area contributed by atoms with Crippen LogP contribution in [0.3, 0.4) is 0 Å². The molecule has 39 heavy (non-hydrogen) atoms. The number of piperazine rings is 1. The number of carboxylic acid groups (broad SMARTS) is 1. The Morgan fingerprint density at radius 1 is 1.13 bits per heavy atom. The predicted molar refractivity (Wildman–Crippen MR) is 155 cm³/mol. The number of Topliss-reactive ketones (excluding diaryl/α,β-unsaturated/α-hetero) is 1. The van der Waals surface area contributed by atoms with Gasteiger partial charge in [0.15, 0.2) is 5.78 Å². The van der Waals surface area contributed by atoms with Crippen molar-refractivity contribution in [3.63, 3.8) is 0 Å². The van der Waals surface area contributed by atoms with Gasteiger partial charge in [-0.3, -0.25) is 19.4 Å². The van der Waals surface area contributed by atoms with Gasteiger partial charge in [-0.25, -0.2) is 15.0 Å². The molecule has 0 amide bonds. The number of rotatable bonds is 10. The lowest BCUT2D eigenvalue weighted by atomic mass is 10.2. The quantitative estimate of drug-likeness (QED) is 0.357. The molecule has 5 heterocycles. The van der Waals surface area contributed by atoms with Gasteiger partial charge >= 0.3 is 5.97 Å². The van der Waals surface area contributed by atoms with Gasteiger partial charge in [0.2, 0.25) is 0 Å². The second-order valence-electron chi connectivity index (χ2n) is 10.7. The Morgan fingerprint density at radius 3 is 2.62 bits per heavy atom. The van der Waals surface area contributed by atoms with Gasteiger partial charge in [0.05, 0.1) is 35.8 Å². The molecule has 0 spiro atoms. The molecule has 208 valence electrons. The smallest absolute Gasteiger partial charge is 0.304 e. The second kappa shape index (κ2) is 12.2. The highest BCUT2D eigenvalue weighted by atomic mass is 32.1. The van der Waals surface area contributed by atoms with Crippen LogP contribution in [0.1, 0.15) is 59.0 Å². The number of aromatic nitrogens is 3. The van der Waals surface area contributed by atoms with Crippen molar-refractivity contribution in [3.05, 3.63) is 45.0 Å². The van der Waals surface area contributed by atoms with Crippen molar-refractivity contribution in [1.29, 1.82) is 0 Å². The van der Waals surface area contributed by atoms with Crippen LogP contribution in [-0.4, -0.2) is 86.4 Å². The maximum Gasteiger partial charge on any atom is 0.304 e. The summed E-state index contributed by atoms with van der Waals surface area (Å²) in [4.78, 5) is 47.3. The molecule has 2 aliphatic rings. The molecule has 9 nitrogen and oxygen atoms in total. The van der Waals surface area contributed by atoms with Crippen molar-refractivity contribution in [2.24, 2.45) is 0 Å². The van der Waals surface area contributed by atoms with Crippen LogP contribution in [0.2, 0.25) is 0 Å². The van der Waals surface area contributed by atoms with Gasteiger partial charge in [0.25, 0.3) is 0 Å². The highest BCUT2D eigenvalue weighted by Crippen LogP contribution is 2.35. The minimum atomic E-state index is -0.774. The lowest BCUT2D eigenvalue weighted by Gasteiger charge is -2.40. The molecule has 0 radical (unpaired) electrons. The molecular weight excluding hydrogens is 532 g/mol. The summed E-state index contributed by atoms with van der Waals surface area (Å²) in [5.41, 5.74) is 2.59. The fourth-order valence-electron chi connectivity index (χ4n) is 5.41. The van der Waals surface area contributed by atoms with Crippen LogP contribution < -0.4 is 4.90 Å². The van der Waals surface area contributed by atoms with Crippen LogP contribution >= 0.6 is 22.7 Å². The third-order valence-electron chi connectivity index (χ3n) is 7.63. The fraction of sp³-hybridized carbons (Fsp3) is 0.536. The van der Waals surface area contributed by atoms with E-state index in [1.807, 2.05) is 0 Å². The molecule has 2 aliphatic heterocycles. The first-order chi connectivity index (χ1) is 18.8. The van der Waals surface area contributed by atoms with E-state index < -0.39 is 5.97 Å². The lowest BCUT2D eigenvalue weighted by molar-refractivity contribution is -0.137. The van der Waals surface area contributed by atoms with Crippen molar-refractivity contribution in [1.82, 2.24) is 24.8 Å². The summed E-state index contributed by atoms with van der Waals surface area (Å²) in [6.07, 6.45) is 6.07. The Morgan fingerprint density at radius 2 is 1.97 bits per heavy atom. The number of aliphatic carboxylic acids is 1. The van der Waals surface area contributed by atoms with E-state index in [9.17, 15) is 9.59 Å². The van der Waals surface area contributed by atoms with E-state index in [-0.39, 0.29) is 24.7 Å². The van der Waals surface area contributed by atoms with Gasteiger partial charge in [-0.05, 0) is 57.2 Å². The van der Waals surface area contributed by atoms with Crippen LogP contribution in [0.5, 0.6) is 0 Å². The Kier molecular flexibility index (Phi) is 8.70. The monoisotopic (exact) mass is 568 g/mol. The van der Waals surface area contributed by atoms with E-state index in [0.717, 1.165) is 54.1 Å². The molecule has 0 saturated carbocycles. The van der Waals surface area contributed by atoms with E-state index >= 15 is 0 Å². The number of carbonyl (C=O) groups is 2. The zero-order valence-corrected chi connectivity index (χ0v) is 24.4. The Bertz CT molecular complexity index is 1310. The number of aryl methyl sites for hydroxylation is 1. The van der Waals surface area contributed by atoms with E-state index in [1.54, 1.807) is 35.1 Å². The Balaban J connectivity index is 1.25. The van der Waals surface area contributed by atoms with Crippen molar-refractivity contribution < 1.29 is 14.7 Å². The topological polar surface area (TPSA) is 103 Å². The van der Waals surface area contributed by atoms with Crippen LogP contribution in [0.25, 0.3) is 10.6 Å². The Labute approximate surface area is 237 Å². The predicted octanol–water partition coefficient (Wildman–Crippen LogP) is 4.36. The third kappa shape index (κ3) is 6.71. The molecule has 0 bridgehead atoms. The molecule has 0 aromatic carbocycles. The molecule has 2 fully saturated rings. The molecule has 3 aromatic heterocycles. The molecule has 2 atom stereocenters. The minimum Gasteiger partial charge on any atom is -0.481 e. The number of nitrogens with zero attached hydrogens (tertiary/aromatic N) is 6. The maximum atomic E-state index is 13.2. The standard InChI is InChI=1S/C28H36N6O3S2/c1-18-11-23(38-17-18)28-24(16-33-7-4-5-19(33)2)39-26(31-28)12-22(35)21-13-30-25(14-29-21)34-10-9-32(15-20(34)3)8-6-27(36)37/h11,13-14,17,19-20H,4-10,12,15-16H2,1-3H3,(H,36,37)/t19-,20+/m1/s1. The maximum absolute atomic E-state index is 13.2. The highest BCUT2D eigenvalue weighted by molar-refractivity contribution is 7.15. The SMILES string of the molecule is Cc1csc(-c2nc(CC(=O)c3cnc(N4CCN(CCC(=O)O)C[C@@H]4C)cn3)sc2CN2CCC[C@H]2C)c1. The summed E-state index contributed by atoms with van der Waals surface area (Å²) >= 11 is 3.35. The zero-order chi connectivity index (χ0) is 27.5. The molecule has 1 N–H and O–H groups in total. The summed E-state index contributed by atoms with van der Waals surface area (Å²) in [5.74, 6) is -0.114. The number of thiazole rings is 1. The van der Waals surface area contributed by atoms with Crippen molar-refractivity contribution in [2.75, 3.05) is 37.6 Å². The van der Waals surface area contributed by atoms with Crippen LogP contribution in [0.15, 0.2) is 23.8 Å². The number of hydrogen-bond donors (Lipinski definition) is 1. The number of likely N-dealkylation sites (tertiary alicyclic amines) is 1. The van der Waals surface area contributed by atoms with Gasteiger partial charge in [-0.2, -0.15) is 0 Å². The van der Waals surface area contributed by atoms with E-state index in [1.165, 1.54) is 23.3 Å².